The van der Waals surface area contributed by atoms with Gasteiger partial charge >= 0.3 is 0 Å². The second-order valence-corrected chi connectivity index (χ2v) is 4.98. The van der Waals surface area contributed by atoms with E-state index in [9.17, 15) is 14.7 Å². The first kappa shape index (κ1) is 13.3. The van der Waals surface area contributed by atoms with Crippen molar-refractivity contribution in [3.8, 4) is 0 Å². The molecule has 1 aromatic carbocycles. The number of amidine groups is 2. The van der Waals surface area contributed by atoms with Crippen LogP contribution in [-0.2, 0) is 4.79 Å². The number of thioether (sulfide) groups is 1. The van der Waals surface area contributed by atoms with Crippen molar-refractivity contribution in [1.29, 1.82) is 5.41 Å². The van der Waals surface area contributed by atoms with Crippen LogP contribution in [0.1, 0.15) is 15.9 Å². The van der Waals surface area contributed by atoms with Crippen LogP contribution in [0.4, 0.5) is 0 Å². The van der Waals surface area contributed by atoms with Gasteiger partial charge in [0.05, 0.1) is 17.1 Å². The van der Waals surface area contributed by atoms with E-state index in [4.69, 9.17) is 5.41 Å². The van der Waals surface area contributed by atoms with Gasteiger partial charge in [0.25, 0.3) is 5.91 Å². The molecule has 3 rings (SSSR count). The number of carboxylic acids is 1. The number of carboxylic acid groups (broad SMARTS) is 1. The zero-order valence-corrected chi connectivity index (χ0v) is 11.3. The predicted octanol–water partition coefficient (Wildman–Crippen LogP) is 0.299. The molecule has 0 atom stereocenters. The third-order valence-electron chi connectivity index (χ3n) is 2.85. The van der Waals surface area contributed by atoms with Crippen molar-refractivity contribution in [2.75, 3.05) is 0 Å². The van der Waals surface area contributed by atoms with E-state index in [-0.39, 0.29) is 17.0 Å². The second-order valence-electron chi connectivity index (χ2n) is 4.17. The average molecular weight is 299 g/mol. The molecule has 21 heavy (non-hydrogen) atoms. The number of nitrogens with zero attached hydrogens (tertiary/aromatic N) is 3. The molecule has 0 spiro atoms. The number of hydrazone groups is 1. The van der Waals surface area contributed by atoms with E-state index in [1.165, 1.54) is 52.7 Å². The van der Waals surface area contributed by atoms with Gasteiger partial charge in [-0.25, -0.2) is 0 Å². The van der Waals surface area contributed by atoms with Gasteiger partial charge in [-0.05, 0) is 29.0 Å². The van der Waals surface area contributed by atoms with Gasteiger partial charge in [0.2, 0.25) is 0 Å². The number of fused-ring (bicyclic) bond motifs is 1. The average Bonchev–Trinajstić information content (AvgIpc) is 2.92. The Hall–Kier alpha value is -2.74. The highest BCUT2D eigenvalue weighted by atomic mass is 32.2. The molecule has 2 heterocycles. The molecule has 0 unspecified atom stereocenters. The van der Waals surface area contributed by atoms with Gasteiger partial charge in [0.15, 0.2) is 11.0 Å². The van der Waals surface area contributed by atoms with Crippen LogP contribution >= 0.6 is 11.8 Å². The molecular weight excluding hydrogens is 292 g/mol. The Balaban J connectivity index is 1.95. The van der Waals surface area contributed by atoms with Crippen molar-refractivity contribution in [2.45, 2.75) is 0 Å². The Morgan fingerprint density at radius 1 is 1.33 bits per heavy atom. The number of carbonyl (C=O) groups is 2. The molecule has 7 nitrogen and oxygen atoms in total. The predicted molar refractivity (Wildman–Crippen MR) is 76.8 cm³/mol. The largest absolute Gasteiger partial charge is 0.545 e. The van der Waals surface area contributed by atoms with E-state index < -0.39 is 11.9 Å². The molecule has 0 bridgehead atoms. The van der Waals surface area contributed by atoms with Crippen molar-refractivity contribution in [2.24, 2.45) is 10.1 Å². The third-order valence-corrected chi connectivity index (χ3v) is 3.53. The molecule has 0 fully saturated rings. The lowest BCUT2D eigenvalue weighted by Crippen LogP contribution is -2.35. The van der Waals surface area contributed by atoms with Crippen molar-refractivity contribution < 1.29 is 14.7 Å². The van der Waals surface area contributed by atoms with Gasteiger partial charge < -0.3 is 9.90 Å². The molecule has 0 aromatic heterocycles. The Kier molecular flexibility index (Phi) is 3.15. The van der Waals surface area contributed by atoms with E-state index >= 15 is 0 Å². The maximum absolute atomic E-state index is 11.9. The summed E-state index contributed by atoms with van der Waals surface area (Å²) in [7, 11) is 0. The summed E-state index contributed by atoms with van der Waals surface area (Å²) in [6, 6.07) is 5.80. The summed E-state index contributed by atoms with van der Waals surface area (Å²) in [5.41, 5.74) is 2.23. The minimum absolute atomic E-state index is 0.0445. The fraction of sp³-hybridized carbons (Fsp3) is 0. The van der Waals surface area contributed by atoms with Crippen LogP contribution in [0, 0.1) is 5.41 Å². The monoisotopic (exact) mass is 299 g/mol. The van der Waals surface area contributed by atoms with Crippen LogP contribution in [0.2, 0.25) is 0 Å². The first-order chi connectivity index (χ1) is 10.1. The van der Waals surface area contributed by atoms with Gasteiger partial charge in [-0.1, -0.05) is 24.3 Å². The number of rotatable bonds is 2. The van der Waals surface area contributed by atoms with Crippen LogP contribution in [0.25, 0.3) is 6.08 Å². The smallest absolute Gasteiger partial charge is 0.283 e. The quantitative estimate of drug-likeness (QED) is 0.790. The first-order valence-electron chi connectivity index (χ1n) is 5.80. The van der Waals surface area contributed by atoms with E-state index in [1.54, 1.807) is 0 Å². The Morgan fingerprint density at radius 2 is 2.05 bits per heavy atom. The van der Waals surface area contributed by atoms with Crippen molar-refractivity contribution >= 4 is 46.3 Å². The lowest BCUT2D eigenvalue weighted by Gasteiger charge is -2.20. The number of aromatic carboxylic acids is 1. The number of benzene rings is 1. The lowest BCUT2D eigenvalue weighted by molar-refractivity contribution is -0.255. The topological polar surface area (TPSA) is 109 Å². The van der Waals surface area contributed by atoms with Gasteiger partial charge in [0.1, 0.15) is 0 Å². The minimum Gasteiger partial charge on any atom is -0.545 e. The van der Waals surface area contributed by atoms with E-state index in [0.29, 0.717) is 10.7 Å². The Bertz CT molecular complexity index is 749. The number of nitrogens with one attached hydrogen (secondary N) is 1. The van der Waals surface area contributed by atoms with Crippen molar-refractivity contribution in [3.63, 3.8) is 0 Å². The highest BCUT2D eigenvalue weighted by Gasteiger charge is 2.32. The zero-order chi connectivity index (χ0) is 15.0. The molecule has 2 aliphatic rings. The number of carbonyl (C=O) groups excluding carboxylic acids is 2. The van der Waals surface area contributed by atoms with Crippen molar-refractivity contribution in [1.82, 2.24) is 5.01 Å². The van der Waals surface area contributed by atoms with E-state index in [2.05, 4.69) is 10.1 Å². The first-order valence-corrected chi connectivity index (χ1v) is 6.68. The molecule has 104 valence electrons. The summed E-state index contributed by atoms with van der Waals surface area (Å²) < 4.78 is 0. The summed E-state index contributed by atoms with van der Waals surface area (Å²) in [6.07, 6.45) is 1.47. The van der Waals surface area contributed by atoms with Crippen LogP contribution in [-0.4, -0.2) is 33.4 Å². The minimum atomic E-state index is -1.27. The maximum atomic E-state index is 11.9. The fourth-order valence-corrected chi connectivity index (χ4v) is 2.43. The molecule has 0 saturated carbocycles. The van der Waals surface area contributed by atoms with Crippen LogP contribution < -0.4 is 5.11 Å². The number of hydrogen-bond acceptors (Lipinski definition) is 6. The SMILES string of the molecule is N=C1/C(=C\c2ccc(C(=O)[O-])cc2)C(=O)N=C2SC=NN12. The molecule has 2 aliphatic heterocycles. The fourth-order valence-electron chi connectivity index (χ4n) is 1.82. The zero-order valence-electron chi connectivity index (χ0n) is 10.4. The molecule has 8 heteroatoms. The van der Waals surface area contributed by atoms with Crippen LogP contribution in [0.3, 0.4) is 0 Å². The van der Waals surface area contributed by atoms with E-state index in [0.717, 1.165) is 0 Å². The summed E-state index contributed by atoms with van der Waals surface area (Å²) in [5.74, 6) is -1.85. The Labute approximate surface area is 123 Å². The van der Waals surface area contributed by atoms with Gasteiger partial charge in [-0.15, -0.1) is 0 Å². The van der Waals surface area contributed by atoms with Crippen molar-refractivity contribution in [3.05, 3.63) is 41.0 Å². The van der Waals surface area contributed by atoms with Crippen LogP contribution in [0.15, 0.2) is 39.9 Å². The summed E-state index contributed by atoms with van der Waals surface area (Å²) in [6.45, 7) is 0. The maximum Gasteiger partial charge on any atom is 0.283 e. The van der Waals surface area contributed by atoms with E-state index in [1.807, 2.05) is 0 Å². The standard InChI is InChI=1S/C13H8N4O3S/c14-10-9(11(18)16-13-17(10)15-6-21-13)5-7-1-3-8(4-2-7)12(19)20/h1-6,14H,(H,19,20)/p-1/b9-5+,14-10?. The number of amides is 1. The van der Waals surface area contributed by atoms with Gasteiger partial charge in [-0.3, -0.25) is 10.2 Å². The second kappa shape index (κ2) is 4.98. The summed E-state index contributed by atoms with van der Waals surface area (Å²) in [5, 5.41) is 24.2. The highest BCUT2D eigenvalue weighted by molar-refractivity contribution is 8.25. The third kappa shape index (κ3) is 2.36. The van der Waals surface area contributed by atoms with Crippen LogP contribution in [0.5, 0.6) is 0 Å². The molecule has 1 amide bonds. The Morgan fingerprint density at radius 3 is 2.71 bits per heavy atom. The number of aliphatic imine (C=N–C) groups is 1. The molecule has 0 radical (unpaired) electrons. The molecule has 0 saturated heterocycles. The van der Waals surface area contributed by atoms with Gasteiger partial charge in [0, 0.05) is 0 Å². The van der Waals surface area contributed by atoms with Gasteiger partial charge in [-0.2, -0.15) is 15.1 Å². The molecule has 1 aromatic rings. The summed E-state index contributed by atoms with van der Waals surface area (Å²) >= 11 is 1.17. The molecule has 1 N–H and O–H groups in total. The normalized spacial score (nSPS) is 19.0. The molecular formula is C13H7N4O3S-. The highest BCUT2D eigenvalue weighted by Crippen LogP contribution is 2.24. The molecule has 0 aliphatic carbocycles. The lowest BCUT2D eigenvalue weighted by atomic mass is 10.1. The summed E-state index contributed by atoms with van der Waals surface area (Å²) in [4.78, 5) is 26.5. The number of hydrogen-bond donors (Lipinski definition) is 1.